The first-order valence-electron chi connectivity index (χ1n) is 8.52. The second-order valence-corrected chi connectivity index (χ2v) is 6.82. The third-order valence-electron chi connectivity index (χ3n) is 4.35. The normalized spacial score (nSPS) is 17.9. The Balaban J connectivity index is 0.00000288. The molecule has 1 saturated heterocycles. The van der Waals surface area contributed by atoms with Gasteiger partial charge in [-0.1, -0.05) is 6.92 Å². The van der Waals surface area contributed by atoms with E-state index >= 15 is 0 Å². The van der Waals surface area contributed by atoms with Crippen molar-refractivity contribution in [2.45, 2.75) is 46.1 Å². The predicted molar refractivity (Wildman–Crippen MR) is 108 cm³/mol. The van der Waals surface area contributed by atoms with Gasteiger partial charge in [-0.2, -0.15) is 0 Å². The highest BCUT2D eigenvalue weighted by atomic mass is 35.5. The Labute approximate surface area is 162 Å². The molecule has 1 fully saturated rings. The van der Waals surface area contributed by atoms with Crippen LogP contribution in [-0.2, 0) is 4.79 Å². The standard InChI is InChI=1S/C18H28FN3O.2ClH/c1-12(2)21-17-10-15(19)6-7-16(17)22-18(23)9-13(3)14-5-4-8-20-11-14;;/h6-7,10,12-14,20-21H,4-5,8-9,11H2,1-3H3,(H,22,23);2*1H. The smallest absolute Gasteiger partial charge is 0.224 e. The van der Waals surface area contributed by atoms with Crippen molar-refractivity contribution in [1.82, 2.24) is 5.32 Å². The van der Waals surface area contributed by atoms with Gasteiger partial charge in [-0.05, 0) is 69.8 Å². The van der Waals surface area contributed by atoms with Gasteiger partial charge in [0.15, 0.2) is 0 Å². The van der Waals surface area contributed by atoms with E-state index in [0.717, 1.165) is 13.1 Å². The zero-order valence-electron chi connectivity index (χ0n) is 15.1. The molecular weight excluding hydrogens is 364 g/mol. The Morgan fingerprint density at radius 3 is 2.60 bits per heavy atom. The van der Waals surface area contributed by atoms with Gasteiger partial charge in [-0.3, -0.25) is 4.79 Å². The minimum atomic E-state index is -0.312. The molecule has 0 aromatic heterocycles. The monoisotopic (exact) mass is 393 g/mol. The van der Waals surface area contributed by atoms with E-state index in [-0.39, 0.29) is 42.6 Å². The summed E-state index contributed by atoms with van der Waals surface area (Å²) >= 11 is 0. The summed E-state index contributed by atoms with van der Waals surface area (Å²) in [5.41, 5.74) is 1.26. The van der Waals surface area contributed by atoms with Crippen LogP contribution < -0.4 is 16.0 Å². The molecule has 144 valence electrons. The highest BCUT2D eigenvalue weighted by Crippen LogP contribution is 2.26. The van der Waals surface area contributed by atoms with Crippen molar-refractivity contribution in [2.24, 2.45) is 11.8 Å². The molecular formula is C18H30Cl2FN3O. The van der Waals surface area contributed by atoms with Gasteiger partial charge in [0, 0.05) is 12.5 Å². The van der Waals surface area contributed by atoms with Gasteiger partial charge >= 0.3 is 0 Å². The minimum absolute atomic E-state index is 0. The number of amides is 1. The van der Waals surface area contributed by atoms with Crippen molar-refractivity contribution in [2.75, 3.05) is 23.7 Å². The van der Waals surface area contributed by atoms with E-state index in [2.05, 4.69) is 22.9 Å². The van der Waals surface area contributed by atoms with Crippen molar-refractivity contribution < 1.29 is 9.18 Å². The summed E-state index contributed by atoms with van der Waals surface area (Å²) in [5, 5.41) is 9.49. The molecule has 7 heteroatoms. The van der Waals surface area contributed by atoms with Gasteiger partial charge in [0.05, 0.1) is 11.4 Å². The zero-order valence-corrected chi connectivity index (χ0v) is 16.7. The molecule has 0 bridgehead atoms. The van der Waals surface area contributed by atoms with E-state index in [1.54, 1.807) is 6.07 Å². The van der Waals surface area contributed by atoms with Crippen molar-refractivity contribution in [1.29, 1.82) is 0 Å². The summed E-state index contributed by atoms with van der Waals surface area (Å²) in [6.45, 7) is 8.17. The van der Waals surface area contributed by atoms with Crippen molar-refractivity contribution in [3.63, 3.8) is 0 Å². The number of piperidine rings is 1. The molecule has 0 radical (unpaired) electrons. The van der Waals surface area contributed by atoms with Gasteiger partial charge in [0.1, 0.15) is 5.82 Å². The molecule has 2 unspecified atom stereocenters. The second kappa shape index (κ2) is 11.6. The van der Waals surface area contributed by atoms with Crippen LogP contribution in [0.3, 0.4) is 0 Å². The molecule has 2 rings (SSSR count). The molecule has 25 heavy (non-hydrogen) atoms. The highest BCUT2D eigenvalue weighted by molar-refractivity contribution is 5.94. The first kappa shape index (κ1) is 24.0. The second-order valence-electron chi connectivity index (χ2n) is 6.82. The minimum Gasteiger partial charge on any atom is -0.381 e. The van der Waals surface area contributed by atoms with E-state index in [1.165, 1.54) is 25.0 Å². The topological polar surface area (TPSA) is 53.2 Å². The van der Waals surface area contributed by atoms with E-state index in [0.29, 0.717) is 29.6 Å². The van der Waals surface area contributed by atoms with Crippen LogP contribution in [0.2, 0.25) is 0 Å². The molecule has 1 aliphatic heterocycles. The summed E-state index contributed by atoms with van der Waals surface area (Å²) in [7, 11) is 0. The molecule has 4 nitrogen and oxygen atoms in total. The number of hydrogen-bond acceptors (Lipinski definition) is 3. The molecule has 3 N–H and O–H groups in total. The van der Waals surface area contributed by atoms with Crippen molar-refractivity contribution >= 4 is 42.1 Å². The lowest BCUT2D eigenvalue weighted by Gasteiger charge is -2.28. The SMILES string of the molecule is CC(C)Nc1cc(F)ccc1NC(=O)CC(C)C1CCCNC1.Cl.Cl. The highest BCUT2D eigenvalue weighted by Gasteiger charge is 2.22. The summed E-state index contributed by atoms with van der Waals surface area (Å²) in [6.07, 6.45) is 2.85. The predicted octanol–water partition coefficient (Wildman–Crippen LogP) is 4.45. The van der Waals surface area contributed by atoms with Crippen molar-refractivity contribution in [3.8, 4) is 0 Å². The van der Waals surface area contributed by atoms with E-state index in [9.17, 15) is 9.18 Å². The fourth-order valence-corrected chi connectivity index (χ4v) is 3.08. The Morgan fingerprint density at radius 1 is 1.28 bits per heavy atom. The lowest BCUT2D eigenvalue weighted by molar-refractivity contribution is -0.117. The fourth-order valence-electron chi connectivity index (χ4n) is 3.08. The lowest BCUT2D eigenvalue weighted by atomic mass is 9.85. The maximum absolute atomic E-state index is 13.4. The lowest BCUT2D eigenvalue weighted by Crippen LogP contribution is -2.34. The molecule has 0 spiro atoms. The number of benzene rings is 1. The number of nitrogens with one attached hydrogen (secondary N) is 3. The van der Waals surface area contributed by atoms with E-state index in [4.69, 9.17) is 0 Å². The van der Waals surface area contributed by atoms with Crippen LogP contribution in [0, 0.1) is 17.7 Å². The van der Waals surface area contributed by atoms with E-state index < -0.39 is 0 Å². The number of rotatable bonds is 6. The zero-order chi connectivity index (χ0) is 16.8. The molecule has 1 amide bonds. The van der Waals surface area contributed by atoms with Crippen LogP contribution in [0.5, 0.6) is 0 Å². The summed E-state index contributed by atoms with van der Waals surface area (Å²) in [4.78, 5) is 12.3. The molecule has 1 aliphatic rings. The van der Waals surface area contributed by atoms with Gasteiger partial charge in [-0.25, -0.2) is 4.39 Å². The third kappa shape index (κ3) is 7.80. The first-order valence-corrected chi connectivity index (χ1v) is 8.52. The van der Waals surface area contributed by atoms with Crippen molar-refractivity contribution in [3.05, 3.63) is 24.0 Å². The molecule has 1 aromatic rings. The van der Waals surface area contributed by atoms with Crippen LogP contribution in [0.15, 0.2) is 18.2 Å². The maximum atomic E-state index is 13.4. The van der Waals surface area contributed by atoms with Gasteiger partial charge in [-0.15, -0.1) is 24.8 Å². The Morgan fingerprint density at radius 2 is 2.00 bits per heavy atom. The van der Waals surface area contributed by atoms with Crippen LogP contribution >= 0.6 is 24.8 Å². The Hall–Kier alpha value is -1.04. The summed E-state index contributed by atoms with van der Waals surface area (Å²) < 4.78 is 13.4. The maximum Gasteiger partial charge on any atom is 0.224 e. The Bertz CT molecular complexity index is 537. The van der Waals surface area contributed by atoms with Crippen LogP contribution in [0.25, 0.3) is 0 Å². The number of halogens is 3. The van der Waals surface area contributed by atoms with E-state index in [1.807, 2.05) is 13.8 Å². The third-order valence-corrected chi connectivity index (χ3v) is 4.35. The number of carbonyl (C=O) groups excluding carboxylic acids is 1. The largest absolute Gasteiger partial charge is 0.381 e. The van der Waals surface area contributed by atoms with Gasteiger partial charge in [0.25, 0.3) is 0 Å². The molecule has 1 aromatic carbocycles. The van der Waals surface area contributed by atoms with Gasteiger partial charge < -0.3 is 16.0 Å². The van der Waals surface area contributed by atoms with Crippen LogP contribution in [-0.4, -0.2) is 25.0 Å². The van der Waals surface area contributed by atoms with Crippen LogP contribution in [0.4, 0.5) is 15.8 Å². The number of anilines is 2. The first-order chi connectivity index (χ1) is 11.0. The Kier molecular flexibility index (Phi) is 11.1. The molecule has 2 atom stereocenters. The molecule has 0 aliphatic carbocycles. The van der Waals surface area contributed by atoms with Gasteiger partial charge in [0.2, 0.25) is 5.91 Å². The summed E-state index contributed by atoms with van der Waals surface area (Å²) in [6, 6.07) is 4.57. The number of carbonyl (C=O) groups is 1. The fraction of sp³-hybridized carbons (Fsp3) is 0.611. The average molecular weight is 394 g/mol. The summed E-state index contributed by atoms with van der Waals surface area (Å²) in [5.74, 6) is 0.565. The number of hydrogen-bond donors (Lipinski definition) is 3. The van der Waals surface area contributed by atoms with Crippen LogP contribution in [0.1, 0.15) is 40.0 Å². The average Bonchev–Trinajstić information content (AvgIpc) is 2.50. The molecule has 1 heterocycles. The quantitative estimate of drug-likeness (QED) is 0.668. The molecule has 0 saturated carbocycles.